The highest BCUT2D eigenvalue weighted by molar-refractivity contribution is 5.85. The van der Waals surface area contributed by atoms with Crippen molar-refractivity contribution in [3.05, 3.63) is 17.5 Å². The van der Waals surface area contributed by atoms with Crippen LogP contribution in [0.25, 0.3) is 0 Å². The lowest BCUT2D eigenvalue weighted by Crippen LogP contribution is -2.42. The average Bonchev–Trinajstić information content (AvgIpc) is 3.00. The first-order valence-corrected chi connectivity index (χ1v) is 6.80. The zero-order chi connectivity index (χ0) is 12.5. The highest BCUT2D eigenvalue weighted by Gasteiger charge is 2.28. The second-order valence-electron chi connectivity index (χ2n) is 5.27. The number of halogens is 1. The molecule has 1 fully saturated rings. The molecule has 6 heteroatoms. The Bertz CT molecular complexity index is 453. The SMILES string of the molecule is Cl.Cn1ncc2c1CCCC2NC(=O)C1CCCN1. The first-order valence-electron chi connectivity index (χ1n) is 6.80. The maximum Gasteiger partial charge on any atom is 0.237 e. The fourth-order valence-corrected chi connectivity index (χ4v) is 3.04. The van der Waals surface area contributed by atoms with Gasteiger partial charge in [-0.2, -0.15) is 5.10 Å². The standard InChI is InChI=1S/C13H20N4O.ClH/c1-17-12-6-2-4-10(9(12)8-15-17)16-13(18)11-5-3-7-14-11;/h8,10-11,14H,2-7H2,1H3,(H,16,18);1H. The van der Waals surface area contributed by atoms with Crippen molar-refractivity contribution in [2.24, 2.45) is 7.05 Å². The molecule has 0 bridgehead atoms. The number of nitrogens with one attached hydrogen (secondary N) is 2. The first-order chi connectivity index (χ1) is 8.75. The fraction of sp³-hybridized carbons (Fsp3) is 0.692. The summed E-state index contributed by atoms with van der Waals surface area (Å²) < 4.78 is 1.93. The Morgan fingerprint density at radius 3 is 3.05 bits per heavy atom. The van der Waals surface area contributed by atoms with Gasteiger partial charge in [-0.05, 0) is 38.6 Å². The summed E-state index contributed by atoms with van der Waals surface area (Å²) in [5.74, 6) is 0.147. The molecule has 1 aromatic rings. The summed E-state index contributed by atoms with van der Waals surface area (Å²) in [5.41, 5.74) is 2.47. The molecule has 2 unspecified atom stereocenters. The molecule has 0 saturated carbocycles. The fourth-order valence-electron chi connectivity index (χ4n) is 3.04. The monoisotopic (exact) mass is 284 g/mol. The number of hydrogen-bond acceptors (Lipinski definition) is 3. The van der Waals surface area contributed by atoms with E-state index in [9.17, 15) is 4.79 Å². The molecule has 1 aromatic heterocycles. The van der Waals surface area contributed by atoms with Gasteiger partial charge in [0, 0.05) is 18.3 Å². The highest BCUT2D eigenvalue weighted by atomic mass is 35.5. The van der Waals surface area contributed by atoms with Crippen LogP contribution in [0.15, 0.2) is 6.20 Å². The minimum absolute atomic E-state index is 0. The Morgan fingerprint density at radius 2 is 2.32 bits per heavy atom. The van der Waals surface area contributed by atoms with Gasteiger partial charge in [-0.1, -0.05) is 0 Å². The van der Waals surface area contributed by atoms with Crippen LogP contribution in [-0.4, -0.2) is 28.3 Å². The summed E-state index contributed by atoms with van der Waals surface area (Å²) in [6, 6.07) is 0.157. The van der Waals surface area contributed by atoms with Crippen molar-refractivity contribution >= 4 is 18.3 Å². The van der Waals surface area contributed by atoms with Crippen LogP contribution in [0, 0.1) is 0 Å². The second-order valence-corrected chi connectivity index (χ2v) is 5.27. The third kappa shape index (κ3) is 2.77. The summed E-state index contributed by atoms with van der Waals surface area (Å²) in [6.45, 7) is 0.959. The van der Waals surface area contributed by atoms with E-state index in [2.05, 4.69) is 15.7 Å². The van der Waals surface area contributed by atoms with E-state index in [1.807, 2.05) is 17.9 Å². The number of carbonyl (C=O) groups excluding carboxylic acids is 1. The Balaban J connectivity index is 0.00000133. The molecule has 1 amide bonds. The molecule has 2 atom stereocenters. The van der Waals surface area contributed by atoms with Gasteiger partial charge in [0.05, 0.1) is 18.3 Å². The van der Waals surface area contributed by atoms with E-state index < -0.39 is 0 Å². The first kappa shape index (κ1) is 14.3. The van der Waals surface area contributed by atoms with Crippen molar-refractivity contribution in [1.29, 1.82) is 0 Å². The number of carbonyl (C=O) groups is 1. The van der Waals surface area contributed by atoms with Crippen LogP contribution < -0.4 is 10.6 Å². The van der Waals surface area contributed by atoms with Gasteiger partial charge in [0.2, 0.25) is 5.91 Å². The molecular formula is C13H21ClN4O. The number of hydrogen-bond donors (Lipinski definition) is 2. The van der Waals surface area contributed by atoms with Gasteiger partial charge in [0.1, 0.15) is 0 Å². The van der Waals surface area contributed by atoms with Crippen LogP contribution in [0.5, 0.6) is 0 Å². The van der Waals surface area contributed by atoms with Gasteiger partial charge in [-0.25, -0.2) is 0 Å². The Kier molecular flexibility index (Phi) is 4.47. The maximum absolute atomic E-state index is 12.1. The third-order valence-corrected chi connectivity index (χ3v) is 4.07. The Labute approximate surface area is 119 Å². The number of aryl methyl sites for hydroxylation is 1. The molecule has 3 rings (SSSR count). The minimum Gasteiger partial charge on any atom is -0.348 e. The molecule has 19 heavy (non-hydrogen) atoms. The third-order valence-electron chi connectivity index (χ3n) is 4.07. The molecular weight excluding hydrogens is 264 g/mol. The molecule has 0 radical (unpaired) electrons. The average molecular weight is 285 g/mol. The normalized spacial score (nSPS) is 25.5. The predicted octanol–water partition coefficient (Wildman–Crippen LogP) is 1.09. The van der Waals surface area contributed by atoms with E-state index in [-0.39, 0.29) is 30.4 Å². The van der Waals surface area contributed by atoms with Gasteiger partial charge in [-0.3, -0.25) is 9.48 Å². The van der Waals surface area contributed by atoms with Gasteiger partial charge in [0.25, 0.3) is 0 Å². The number of amides is 1. The number of rotatable bonds is 2. The van der Waals surface area contributed by atoms with Gasteiger partial charge in [-0.15, -0.1) is 12.4 Å². The molecule has 5 nitrogen and oxygen atoms in total. The molecule has 1 aliphatic carbocycles. The summed E-state index contributed by atoms with van der Waals surface area (Å²) in [4.78, 5) is 12.1. The molecule has 0 spiro atoms. The van der Waals surface area contributed by atoms with Gasteiger partial charge < -0.3 is 10.6 Å². The number of aromatic nitrogens is 2. The predicted molar refractivity (Wildman–Crippen MR) is 75.3 cm³/mol. The molecule has 106 valence electrons. The van der Waals surface area contributed by atoms with Gasteiger partial charge in [0.15, 0.2) is 0 Å². The summed E-state index contributed by atoms with van der Waals surface area (Å²) in [7, 11) is 1.97. The second kappa shape index (κ2) is 5.92. The lowest BCUT2D eigenvalue weighted by atomic mass is 9.92. The zero-order valence-electron chi connectivity index (χ0n) is 11.2. The van der Waals surface area contributed by atoms with Crippen molar-refractivity contribution in [2.75, 3.05) is 6.54 Å². The smallest absolute Gasteiger partial charge is 0.237 e. The Hall–Kier alpha value is -1.07. The van der Waals surface area contributed by atoms with Crippen LogP contribution >= 0.6 is 12.4 Å². The van der Waals surface area contributed by atoms with Crippen LogP contribution in [0.2, 0.25) is 0 Å². The lowest BCUT2D eigenvalue weighted by Gasteiger charge is -2.25. The van der Waals surface area contributed by atoms with Crippen molar-refractivity contribution in [3.8, 4) is 0 Å². The van der Waals surface area contributed by atoms with Crippen LogP contribution in [0.1, 0.15) is 43.0 Å². The topological polar surface area (TPSA) is 59.0 Å². The molecule has 1 aliphatic heterocycles. The van der Waals surface area contributed by atoms with Crippen molar-refractivity contribution in [1.82, 2.24) is 20.4 Å². The quantitative estimate of drug-likeness (QED) is 0.855. The van der Waals surface area contributed by atoms with Crippen molar-refractivity contribution in [3.63, 3.8) is 0 Å². The van der Waals surface area contributed by atoms with Gasteiger partial charge >= 0.3 is 0 Å². The summed E-state index contributed by atoms with van der Waals surface area (Å²) in [5, 5.41) is 10.7. The largest absolute Gasteiger partial charge is 0.348 e. The minimum atomic E-state index is 0. The molecule has 2 heterocycles. The van der Waals surface area contributed by atoms with E-state index in [1.165, 1.54) is 11.3 Å². The van der Waals surface area contributed by atoms with E-state index in [0.717, 1.165) is 38.6 Å². The maximum atomic E-state index is 12.1. The highest BCUT2D eigenvalue weighted by Crippen LogP contribution is 2.29. The van der Waals surface area contributed by atoms with E-state index in [4.69, 9.17) is 0 Å². The van der Waals surface area contributed by atoms with E-state index in [1.54, 1.807) is 0 Å². The van der Waals surface area contributed by atoms with E-state index >= 15 is 0 Å². The molecule has 2 aliphatic rings. The lowest BCUT2D eigenvalue weighted by molar-refractivity contribution is -0.123. The van der Waals surface area contributed by atoms with E-state index in [0.29, 0.717) is 0 Å². The number of fused-ring (bicyclic) bond motifs is 1. The summed E-state index contributed by atoms with van der Waals surface area (Å²) in [6.07, 6.45) is 7.17. The van der Waals surface area contributed by atoms with Crippen LogP contribution in [-0.2, 0) is 18.3 Å². The van der Waals surface area contributed by atoms with Crippen molar-refractivity contribution < 1.29 is 4.79 Å². The molecule has 2 N–H and O–H groups in total. The van der Waals surface area contributed by atoms with Crippen molar-refractivity contribution in [2.45, 2.75) is 44.2 Å². The summed E-state index contributed by atoms with van der Waals surface area (Å²) >= 11 is 0. The van der Waals surface area contributed by atoms with Crippen LogP contribution in [0.4, 0.5) is 0 Å². The molecule has 1 saturated heterocycles. The Morgan fingerprint density at radius 1 is 1.47 bits per heavy atom. The van der Waals surface area contributed by atoms with Crippen LogP contribution in [0.3, 0.4) is 0 Å². The number of nitrogens with zero attached hydrogens (tertiary/aromatic N) is 2. The zero-order valence-corrected chi connectivity index (χ0v) is 12.0. The molecule has 0 aromatic carbocycles.